The van der Waals surface area contributed by atoms with Gasteiger partial charge in [-0.1, -0.05) is 46.3 Å². The van der Waals surface area contributed by atoms with Gasteiger partial charge in [0.1, 0.15) is 0 Å². The number of halogens is 1. The Morgan fingerprint density at radius 3 is 2.35 bits per heavy atom. The molecule has 1 amide bonds. The number of anilines is 1. The van der Waals surface area contributed by atoms with Gasteiger partial charge >= 0.3 is 0 Å². The molecule has 1 N–H and O–H groups in total. The molecular formula is C19H16BrN2O+. The van der Waals surface area contributed by atoms with Gasteiger partial charge in [0.05, 0.1) is 11.3 Å². The van der Waals surface area contributed by atoms with E-state index in [2.05, 4.69) is 25.8 Å². The SMILES string of the molecule is O=C(Nc1cccc(Br)c1C[n+]1ccccc1)c1ccccc1. The number of benzene rings is 2. The summed E-state index contributed by atoms with van der Waals surface area (Å²) in [6.07, 6.45) is 4.00. The average Bonchev–Trinajstić information content (AvgIpc) is 2.59. The summed E-state index contributed by atoms with van der Waals surface area (Å²) in [7, 11) is 0. The van der Waals surface area contributed by atoms with Crippen molar-refractivity contribution in [1.82, 2.24) is 0 Å². The van der Waals surface area contributed by atoms with Crippen molar-refractivity contribution in [3.63, 3.8) is 0 Å². The molecule has 1 aromatic heterocycles. The largest absolute Gasteiger partial charge is 0.321 e. The van der Waals surface area contributed by atoms with Gasteiger partial charge in [0.2, 0.25) is 0 Å². The number of nitrogens with zero attached hydrogens (tertiary/aromatic N) is 1. The van der Waals surface area contributed by atoms with Gasteiger partial charge in [0, 0.05) is 22.2 Å². The first-order valence-electron chi connectivity index (χ1n) is 7.32. The van der Waals surface area contributed by atoms with Gasteiger partial charge in [-0.3, -0.25) is 4.79 Å². The first kappa shape index (κ1) is 15.4. The summed E-state index contributed by atoms with van der Waals surface area (Å²) in [5.74, 6) is -0.108. The van der Waals surface area contributed by atoms with Gasteiger partial charge < -0.3 is 5.32 Å². The van der Waals surface area contributed by atoms with Crippen LogP contribution in [0.1, 0.15) is 15.9 Å². The summed E-state index contributed by atoms with van der Waals surface area (Å²) in [6.45, 7) is 0.673. The highest BCUT2D eigenvalue weighted by atomic mass is 79.9. The second-order valence-electron chi connectivity index (χ2n) is 5.13. The van der Waals surface area contributed by atoms with Gasteiger partial charge in [-0.2, -0.15) is 0 Å². The van der Waals surface area contributed by atoms with Crippen molar-refractivity contribution in [3.8, 4) is 0 Å². The highest BCUT2D eigenvalue weighted by Crippen LogP contribution is 2.25. The number of aromatic nitrogens is 1. The lowest BCUT2D eigenvalue weighted by atomic mass is 10.1. The number of hydrogen-bond donors (Lipinski definition) is 1. The summed E-state index contributed by atoms with van der Waals surface area (Å²) in [6, 6.07) is 21.0. The molecule has 23 heavy (non-hydrogen) atoms. The lowest BCUT2D eigenvalue weighted by molar-refractivity contribution is -0.688. The van der Waals surface area contributed by atoms with Crippen molar-refractivity contribution < 1.29 is 9.36 Å². The van der Waals surface area contributed by atoms with Gasteiger partial charge in [0.15, 0.2) is 18.9 Å². The van der Waals surface area contributed by atoms with Crippen LogP contribution in [0, 0.1) is 0 Å². The number of rotatable bonds is 4. The molecule has 3 aromatic rings. The number of pyridine rings is 1. The molecule has 0 bridgehead atoms. The van der Waals surface area contributed by atoms with E-state index in [1.807, 2.05) is 67.0 Å². The first-order valence-corrected chi connectivity index (χ1v) is 8.11. The van der Waals surface area contributed by atoms with E-state index in [0.717, 1.165) is 15.7 Å². The van der Waals surface area contributed by atoms with Crippen LogP contribution in [0.2, 0.25) is 0 Å². The van der Waals surface area contributed by atoms with Crippen molar-refractivity contribution in [1.29, 1.82) is 0 Å². The van der Waals surface area contributed by atoms with Crippen molar-refractivity contribution in [2.45, 2.75) is 6.54 Å². The summed E-state index contributed by atoms with van der Waals surface area (Å²) in [5.41, 5.74) is 2.49. The van der Waals surface area contributed by atoms with Crippen LogP contribution in [0.4, 0.5) is 5.69 Å². The maximum Gasteiger partial charge on any atom is 0.255 e. The van der Waals surface area contributed by atoms with Gasteiger partial charge in [0.25, 0.3) is 5.91 Å². The highest BCUT2D eigenvalue weighted by Gasteiger charge is 2.14. The Kier molecular flexibility index (Phi) is 4.83. The number of carbonyl (C=O) groups excluding carboxylic acids is 1. The molecule has 0 atom stereocenters. The second-order valence-corrected chi connectivity index (χ2v) is 5.99. The van der Waals surface area contributed by atoms with Crippen molar-refractivity contribution >= 4 is 27.5 Å². The summed E-state index contributed by atoms with van der Waals surface area (Å²) < 4.78 is 3.04. The lowest BCUT2D eigenvalue weighted by Gasteiger charge is -2.11. The lowest BCUT2D eigenvalue weighted by Crippen LogP contribution is -2.33. The van der Waals surface area contributed by atoms with E-state index in [1.165, 1.54) is 0 Å². The van der Waals surface area contributed by atoms with Crippen LogP contribution in [-0.4, -0.2) is 5.91 Å². The van der Waals surface area contributed by atoms with Crippen molar-refractivity contribution in [2.75, 3.05) is 5.32 Å². The van der Waals surface area contributed by atoms with E-state index in [0.29, 0.717) is 12.1 Å². The number of nitrogens with one attached hydrogen (secondary N) is 1. The van der Waals surface area contributed by atoms with Gasteiger partial charge in [-0.05, 0) is 24.3 Å². The van der Waals surface area contributed by atoms with E-state index < -0.39 is 0 Å². The second kappa shape index (κ2) is 7.20. The Hall–Kier alpha value is -2.46. The van der Waals surface area contributed by atoms with Crippen LogP contribution in [0.25, 0.3) is 0 Å². The topological polar surface area (TPSA) is 33.0 Å². The Balaban J connectivity index is 1.88. The van der Waals surface area contributed by atoms with Crippen LogP contribution in [0.3, 0.4) is 0 Å². The fraction of sp³-hybridized carbons (Fsp3) is 0.0526. The summed E-state index contributed by atoms with van der Waals surface area (Å²) >= 11 is 3.59. The third kappa shape index (κ3) is 3.85. The molecule has 0 aliphatic carbocycles. The van der Waals surface area contributed by atoms with E-state index in [9.17, 15) is 4.79 Å². The summed E-state index contributed by atoms with van der Waals surface area (Å²) in [4.78, 5) is 12.4. The molecule has 0 aliphatic heterocycles. The Bertz CT molecular complexity index is 804. The molecular weight excluding hydrogens is 352 g/mol. The predicted octanol–water partition coefficient (Wildman–Crippen LogP) is 4.04. The van der Waals surface area contributed by atoms with E-state index in [-0.39, 0.29) is 5.91 Å². The zero-order valence-corrected chi connectivity index (χ0v) is 14.0. The number of carbonyl (C=O) groups is 1. The minimum atomic E-state index is -0.108. The average molecular weight is 368 g/mol. The molecule has 4 heteroatoms. The molecule has 1 heterocycles. The fourth-order valence-corrected chi connectivity index (χ4v) is 2.83. The van der Waals surface area contributed by atoms with Crippen LogP contribution in [0.15, 0.2) is 83.6 Å². The number of amides is 1. The van der Waals surface area contributed by atoms with Gasteiger partial charge in [-0.15, -0.1) is 0 Å². The molecule has 3 nitrogen and oxygen atoms in total. The molecule has 0 fully saturated rings. The smallest absolute Gasteiger partial charge is 0.255 e. The molecule has 0 saturated carbocycles. The minimum Gasteiger partial charge on any atom is -0.321 e. The van der Waals surface area contributed by atoms with E-state index in [1.54, 1.807) is 12.1 Å². The normalized spacial score (nSPS) is 10.3. The monoisotopic (exact) mass is 367 g/mol. The first-order chi connectivity index (χ1) is 11.2. The standard InChI is InChI=1S/C19H15BrN2O/c20-17-10-7-11-18(16(17)14-22-12-5-2-6-13-22)21-19(23)15-8-3-1-4-9-15/h1-13H,14H2/p+1. The van der Waals surface area contributed by atoms with Crippen LogP contribution < -0.4 is 9.88 Å². The van der Waals surface area contributed by atoms with Gasteiger partial charge in [-0.25, -0.2) is 4.57 Å². The molecule has 0 aliphatic rings. The molecule has 2 aromatic carbocycles. The molecule has 3 rings (SSSR count). The minimum absolute atomic E-state index is 0.108. The maximum absolute atomic E-state index is 12.4. The predicted molar refractivity (Wildman–Crippen MR) is 94.3 cm³/mol. The Labute approximate surface area is 143 Å². The fourth-order valence-electron chi connectivity index (χ4n) is 2.34. The number of hydrogen-bond acceptors (Lipinski definition) is 1. The summed E-state index contributed by atoms with van der Waals surface area (Å²) in [5, 5.41) is 3.01. The van der Waals surface area contributed by atoms with Crippen LogP contribution >= 0.6 is 15.9 Å². The molecule has 0 radical (unpaired) electrons. The quantitative estimate of drug-likeness (QED) is 0.693. The third-order valence-corrected chi connectivity index (χ3v) is 4.26. The molecule has 0 spiro atoms. The van der Waals surface area contributed by atoms with E-state index >= 15 is 0 Å². The van der Waals surface area contributed by atoms with Crippen LogP contribution in [-0.2, 0) is 6.54 Å². The Morgan fingerprint density at radius 2 is 1.61 bits per heavy atom. The molecule has 114 valence electrons. The molecule has 0 unspecified atom stereocenters. The van der Waals surface area contributed by atoms with E-state index in [4.69, 9.17) is 0 Å². The molecule has 0 saturated heterocycles. The van der Waals surface area contributed by atoms with Crippen molar-refractivity contribution in [2.24, 2.45) is 0 Å². The van der Waals surface area contributed by atoms with Crippen LogP contribution in [0.5, 0.6) is 0 Å². The zero-order chi connectivity index (χ0) is 16.1. The highest BCUT2D eigenvalue weighted by molar-refractivity contribution is 9.10. The Morgan fingerprint density at radius 1 is 0.913 bits per heavy atom. The van der Waals surface area contributed by atoms with Crippen molar-refractivity contribution in [3.05, 3.63) is 94.7 Å². The third-order valence-electron chi connectivity index (χ3n) is 3.52. The maximum atomic E-state index is 12.4. The zero-order valence-electron chi connectivity index (χ0n) is 12.4.